The molecule has 104 heavy (non-hydrogen) atoms. The molecule has 0 saturated carbocycles. The van der Waals surface area contributed by atoms with Crippen molar-refractivity contribution in [2.45, 2.75) is 158 Å². The summed E-state index contributed by atoms with van der Waals surface area (Å²) >= 11 is 0. The van der Waals surface area contributed by atoms with Gasteiger partial charge in [-0.25, -0.2) is 0 Å². The van der Waals surface area contributed by atoms with Gasteiger partial charge in [-0.1, -0.05) is 303 Å². The zero-order valence-corrected chi connectivity index (χ0v) is 58.3. The molecule has 3 aliphatic rings. The van der Waals surface area contributed by atoms with Crippen LogP contribution in [0.3, 0.4) is 0 Å². The highest BCUT2D eigenvalue weighted by Gasteiger charge is 2.54. The van der Waals surface area contributed by atoms with Gasteiger partial charge in [0.2, 0.25) is 0 Å². The molecule has 16 heteroatoms. The molecule has 0 aromatic heterocycles. The molecule has 3 aliphatic heterocycles. The lowest BCUT2D eigenvalue weighted by Crippen LogP contribution is -2.64. The minimum Gasteiger partial charge on any atom is -0.374 e. The molecular weight excluding hydrogens is 1310 g/mol. The van der Waals surface area contributed by atoms with E-state index in [1.54, 1.807) is 0 Å². The highest BCUT2D eigenvalue weighted by Crippen LogP contribution is 2.37. The molecule has 10 aromatic carbocycles. The normalized spacial score (nSPS) is 24.8. The first-order valence-electron chi connectivity index (χ1n) is 35.9. The highest BCUT2D eigenvalue weighted by molar-refractivity contribution is 5.22. The van der Waals surface area contributed by atoms with Gasteiger partial charge in [0.25, 0.3) is 0 Å². The maximum Gasteiger partial charge on any atom is 0.187 e. The molecule has 0 spiro atoms. The van der Waals surface area contributed by atoms with Crippen molar-refractivity contribution in [3.05, 3.63) is 359 Å². The first kappa shape index (κ1) is 73.9. The Morgan fingerprint density at radius 3 is 0.644 bits per heavy atom. The van der Waals surface area contributed by atoms with Crippen LogP contribution in [0.2, 0.25) is 0 Å². The van der Waals surface area contributed by atoms with Crippen molar-refractivity contribution < 1.29 is 76.2 Å². The number of benzene rings is 10. The second kappa shape index (κ2) is 39.6. The van der Waals surface area contributed by atoms with E-state index in [2.05, 4.69) is 0 Å². The number of ether oxygens (including phenoxy) is 15. The Balaban J connectivity index is 0.872. The van der Waals surface area contributed by atoms with Crippen LogP contribution in [-0.2, 0) is 137 Å². The molecule has 16 nitrogen and oxygen atoms in total. The van der Waals surface area contributed by atoms with Crippen molar-refractivity contribution in [3.8, 4) is 0 Å². The van der Waals surface area contributed by atoms with E-state index in [-0.39, 0.29) is 79.3 Å². The fourth-order valence-corrected chi connectivity index (χ4v) is 13.2. The lowest BCUT2D eigenvalue weighted by atomic mass is 9.96. The van der Waals surface area contributed by atoms with Crippen LogP contribution in [0.25, 0.3) is 0 Å². The molecule has 3 saturated heterocycles. The van der Waals surface area contributed by atoms with E-state index in [1.165, 1.54) is 0 Å². The summed E-state index contributed by atoms with van der Waals surface area (Å²) in [7, 11) is 0. The standard InChI is InChI=1S/C88H92O16/c89-86-83(97-58-71-45-25-8-26-46-71)80(94-55-68-39-19-5-20-40-68)78(92-53-66-35-15-3-16-36-66)75(102-86)62-100-88-85(99-60-73-49-29-10-30-50-73)82(96-57-70-43-23-7-24-44-70)79(93-54-67-37-17-4-18-38-67)76(104-88)63-101-87-84(98-59-72-47-27-9-28-48-72)81(95-56-69-41-21-6-22-42-69)77(91-52-65-33-13-2-14-34-65)74(103-87)61-90-51-64-31-11-1-12-32-64/h1-50,74-89H,51-63H2/t74-,75-,76-,77-,78-,79-,80+,81+,82+,83-,84-,85-,86+,87-,88+/m1/s1. The smallest absolute Gasteiger partial charge is 0.187 e. The molecule has 540 valence electrons. The van der Waals surface area contributed by atoms with Crippen LogP contribution >= 0.6 is 0 Å². The van der Waals surface area contributed by atoms with Gasteiger partial charge in [0.05, 0.1) is 85.9 Å². The Labute approximate surface area is 610 Å². The van der Waals surface area contributed by atoms with Gasteiger partial charge in [-0.05, 0) is 55.6 Å². The molecular formula is C88H92O16. The Hall–Kier alpha value is -8.44. The molecule has 3 heterocycles. The first-order chi connectivity index (χ1) is 51.5. The zero-order valence-electron chi connectivity index (χ0n) is 58.3. The predicted molar refractivity (Wildman–Crippen MR) is 391 cm³/mol. The third-order valence-corrected chi connectivity index (χ3v) is 18.6. The van der Waals surface area contributed by atoms with Crippen LogP contribution < -0.4 is 0 Å². The second-order valence-electron chi connectivity index (χ2n) is 26.2. The SMILES string of the molecule is O[C@H]1O[C@H](CO[C@H]2O[C@H](CO[C@@H]3O[C@H](COCc4ccccc4)[C@@H](OCc4ccccc4)[C@H](OCc4ccccc4)[C@H]3OCc3ccccc3)[C@@H](OCc3ccccc3)[C@H](OCc3ccccc3)[C@H]2OCc2ccccc2)[C@@H](OCc2ccccc2)[C@H](OCc2ccccc2)[C@H]1OCc1ccccc1. The van der Waals surface area contributed by atoms with Crippen LogP contribution in [0.1, 0.15) is 55.6 Å². The predicted octanol–water partition coefficient (Wildman–Crippen LogP) is 14.7. The zero-order chi connectivity index (χ0) is 70.6. The third kappa shape index (κ3) is 21.6. The van der Waals surface area contributed by atoms with Gasteiger partial charge in [-0.2, -0.15) is 0 Å². The lowest BCUT2D eigenvalue weighted by Gasteiger charge is -2.48. The van der Waals surface area contributed by atoms with E-state index in [9.17, 15) is 5.11 Å². The summed E-state index contributed by atoms with van der Waals surface area (Å²) in [6.07, 6.45) is -14.6. The maximum atomic E-state index is 12.4. The molecule has 10 aromatic rings. The van der Waals surface area contributed by atoms with Crippen molar-refractivity contribution in [2.75, 3.05) is 19.8 Å². The summed E-state index contributed by atoms with van der Waals surface area (Å²) < 4.78 is 106. The lowest BCUT2D eigenvalue weighted by molar-refractivity contribution is -0.361. The van der Waals surface area contributed by atoms with Crippen molar-refractivity contribution in [2.24, 2.45) is 0 Å². The van der Waals surface area contributed by atoms with Gasteiger partial charge in [0.15, 0.2) is 18.9 Å². The van der Waals surface area contributed by atoms with Crippen molar-refractivity contribution >= 4 is 0 Å². The molecule has 0 bridgehead atoms. The van der Waals surface area contributed by atoms with Crippen LogP contribution in [0, 0.1) is 0 Å². The van der Waals surface area contributed by atoms with E-state index in [0.29, 0.717) is 6.61 Å². The molecule has 3 fully saturated rings. The van der Waals surface area contributed by atoms with Crippen LogP contribution in [0.15, 0.2) is 303 Å². The summed E-state index contributed by atoms with van der Waals surface area (Å²) in [5.41, 5.74) is 9.33. The number of aliphatic hydroxyl groups is 1. The molecule has 0 aliphatic carbocycles. The molecule has 0 unspecified atom stereocenters. The first-order valence-corrected chi connectivity index (χ1v) is 35.9. The largest absolute Gasteiger partial charge is 0.374 e. The van der Waals surface area contributed by atoms with Gasteiger partial charge in [-0.15, -0.1) is 0 Å². The summed E-state index contributed by atoms with van der Waals surface area (Å²) in [6, 6.07) is 99.5. The van der Waals surface area contributed by atoms with E-state index in [1.807, 2.05) is 303 Å². The maximum absolute atomic E-state index is 12.4. The van der Waals surface area contributed by atoms with E-state index < -0.39 is 92.1 Å². The number of hydrogen-bond donors (Lipinski definition) is 1. The van der Waals surface area contributed by atoms with Gasteiger partial charge >= 0.3 is 0 Å². The van der Waals surface area contributed by atoms with E-state index in [4.69, 9.17) is 71.1 Å². The van der Waals surface area contributed by atoms with Crippen molar-refractivity contribution in [3.63, 3.8) is 0 Å². The molecule has 13 rings (SSSR count). The van der Waals surface area contributed by atoms with Gasteiger partial charge < -0.3 is 76.2 Å². The molecule has 15 atom stereocenters. The van der Waals surface area contributed by atoms with Crippen molar-refractivity contribution in [1.82, 2.24) is 0 Å². The van der Waals surface area contributed by atoms with Crippen LogP contribution in [-0.4, -0.2) is 117 Å². The van der Waals surface area contributed by atoms with Crippen LogP contribution in [0.5, 0.6) is 0 Å². The Morgan fingerprint density at radius 2 is 0.385 bits per heavy atom. The second-order valence-corrected chi connectivity index (χ2v) is 26.2. The van der Waals surface area contributed by atoms with Crippen molar-refractivity contribution in [1.29, 1.82) is 0 Å². The summed E-state index contributed by atoms with van der Waals surface area (Å²) in [5, 5.41) is 12.4. The van der Waals surface area contributed by atoms with E-state index >= 15 is 0 Å². The number of aliphatic hydroxyl groups excluding tert-OH is 1. The summed E-state index contributed by atoms with van der Waals surface area (Å²) in [6.45, 7) is 1.69. The number of hydrogen-bond acceptors (Lipinski definition) is 16. The molecule has 0 amide bonds. The Morgan fingerprint density at radius 1 is 0.192 bits per heavy atom. The van der Waals surface area contributed by atoms with Crippen LogP contribution in [0.4, 0.5) is 0 Å². The minimum atomic E-state index is -1.50. The average Bonchev–Trinajstić information content (AvgIpc) is 0.789. The highest BCUT2D eigenvalue weighted by atomic mass is 16.8. The quantitative estimate of drug-likeness (QED) is 0.0392. The molecule has 0 radical (unpaired) electrons. The van der Waals surface area contributed by atoms with Gasteiger partial charge in [0, 0.05) is 0 Å². The Kier molecular flexibility index (Phi) is 28.1. The van der Waals surface area contributed by atoms with Gasteiger partial charge in [-0.3, -0.25) is 0 Å². The molecule has 1 N–H and O–H groups in total. The average molecular weight is 1410 g/mol. The number of rotatable bonds is 37. The fraction of sp³-hybridized carbons (Fsp3) is 0.318. The summed E-state index contributed by atoms with van der Waals surface area (Å²) in [4.78, 5) is 0. The van der Waals surface area contributed by atoms with E-state index in [0.717, 1.165) is 55.6 Å². The fourth-order valence-electron chi connectivity index (χ4n) is 13.2. The van der Waals surface area contributed by atoms with Gasteiger partial charge in [0.1, 0.15) is 73.2 Å². The summed E-state index contributed by atoms with van der Waals surface area (Å²) in [5.74, 6) is 0. The minimum absolute atomic E-state index is 0.103. The third-order valence-electron chi connectivity index (χ3n) is 18.6. The monoisotopic (exact) mass is 1400 g/mol. The topological polar surface area (TPSA) is 159 Å². The Bertz CT molecular complexity index is 3960.